The van der Waals surface area contributed by atoms with Gasteiger partial charge in [-0.15, -0.1) is 0 Å². The minimum absolute atomic E-state index is 0.477. The number of hydrogen-bond donors (Lipinski definition) is 0. The summed E-state index contributed by atoms with van der Waals surface area (Å²) in [5.74, 6) is 0.878. The van der Waals surface area contributed by atoms with Gasteiger partial charge in [-0.1, -0.05) is 38.8 Å². The number of allylic oxidation sites excluding steroid dienone is 2. The summed E-state index contributed by atoms with van der Waals surface area (Å²) in [6.45, 7) is 11.8. The monoisotopic (exact) mass is 180 g/mol. The van der Waals surface area contributed by atoms with Gasteiger partial charge in [0.05, 0.1) is 0 Å². The van der Waals surface area contributed by atoms with Gasteiger partial charge in [0.25, 0.3) is 0 Å². The molecule has 13 heavy (non-hydrogen) atoms. The fraction of sp³-hybridized carbons (Fsp3) is 0.846. The Hall–Kier alpha value is -0.260. The lowest BCUT2D eigenvalue weighted by molar-refractivity contribution is 0.309. The number of hydrogen-bond acceptors (Lipinski definition) is 0. The molecule has 1 atom stereocenters. The SMILES string of the molecule is CCC1=C(C)C(CC)CCC1(C)C. The van der Waals surface area contributed by atoms with Gasteiger partial charge < -0.3 is 0 Å². The molecule has 0 nitrogen and oxygen atoms in total. The van der Waals surface area contributed by atoms with Crippen LogP contribution in [0.4, 0.5) is 0 Å². The van der Waals surface area contributed by atoms with Crippen molar-refractivity contribution in [3.05, 3.63) is 11.1 Å². The van der Waals surface area contributed by atoms with Gasteiger partial charge in [-0.05, 0) is 43.9 Å². The molecule has 0 N–H and O–H groups in total. The first-order valence-electron chi connectivity index (χ1n) is 5.73. The molecule has 0 spiro atoms. The Morgan fingerprint density at radius 3 is 2.38 bits per heavy atom. The Bertz CT molecular complexity index is 208. The van der Waals surface area contributed by atoms with E-state index in [0.717, 1.165) is 5.92 Å². The fourth-order valence-corrected chi connectivity index (χ4v) is 2.95. The van der Waals surface area contributed by atoms with Crippen LogP contribution in [0, 0.1) is 11.3 Å². The lowest BCUT2D eigenvalue weighted by Crippen LogP contribution is -2.24. The Balaban J connectivity index is 2.99. The lowest BCUT2D eigenvalue weighted by Gasteiger charge is -2.38. The van der Waals surface area contributed by atoms with E-state index in [2.05, 4.69) is 34.6 Å². The molecule has 0 aromatic rings. The summed E-state index contributed by atoms with van der Waals surface area (Å²) in [5.41, 5.74) is 3.90. The van der Waals surface area contributed by atoms with Crippen molar-refractivity contribution < 1.29 is 0 Å². The smallest absolute Gasteiger partial charge is 0.0142 e. The average Bonchev–Trinajstić information content (AvgIpc) is 2.04. The Morgan fingerprint density at radius 2 is 1.92 bits per heavy atom. The van der Waals surface area contributed by atoms with Crippen LogP contribution in [-0.4, -0.2) is 0 Å². The lowest BCUT2D eigenvalue weighted by atomic mass is 9.67. The summed E-state index contributed by atoms with van der Waals surface area (Å²) in [6.07, 6.45) is 5.35. The molecule has 0 heteroatoms. The normalized spacial score (nSPS) is 27.9. The van der Waals surface area contributed by atoms with Gasteiger partial charge in [-0.2, -0.15) is 0 Å². The van der Waals surface area contributed by atoms with Gasteiger partial charge in [-0.3, -0.25) is 0 Å². The van der Waals surface area contributed by atoms with Crippen molar-refractivity contribution >= 4 is 0 Å². The van der Waals surface area contributed by atoms with E-state index in [-0.39, 0.29) is 0 Å². The van der Waals surface area contributed by atoms with E-state index in [9.17, 15) is 0 Å². The second kappa shape index (κ2) is 3.86. The molecule has 0 aromatic carbocycles. The summed E-state index contributed by atoms with van der Waals surface area (Å²) < 4.78 is 0. The molecular formula is C13H24. The second-order valence-electron chi connectivity index (χ2n) is 5.04. The maximum Gasteiger partial charge on any atom is -0.0142 e. The van der Waals surface area contributed by atoms with E-state index >= 15 is 0 Å². The Kier molecular flexibility index (Phi) is 3.21. The summed E-state index contributed by atoms with van der Waals surface area (Å²) in [4.78, 5) is 0. The summed E-state index contributed by atoms with van der Waals surface area (Å²) in [7, 11) is 0. The molecule has 0 saturated carbocycles. The van der Waals surface area contributed by atoms with Gasteiger partial charge in [0, 0.05) is 0 Å². The zero-order valence-electron chi connectivity index (χ0n) is 9.91. The zero-order chi connectivity index (χ0) is 10.1. The highest BCUT2D eigenvalue weighted by atomic mass is 14.4. The minimum Gasteiger partial charge on any atom is -0.0705 e. The summed E-state index contributed by atoms with van der Waals surface area (Å²) in [6, 6.07) is 0. The highest BCUT2D eigenvalue weighted by Gasteiger charge is 2.30. The molecule has 1 rings (SSSR count). The molecule has 0 heterocycles. The van der Waals surface area contributed by atoms with Crippen molar-refractivity contribution in [1.82, 2.24) is 0 Å². The van der Waals surface area contributed by atoms with E-state index < -0.39 is 0 Å². The van der Waals surface area contributed by atoms with Crippen molar-refractivity contribution in [2.75, 3.05) is 0 Å². The molecule has 1 aliphatic rings. The van der Waals surface area contributed by atoms with E-state index in [1.54, 1.807) is 11.1 Å². The van der Waals surface area contributed by atoms with Crippen molar-refractivity contribution in [1.29, 1.82) is 0 Å². The van der Waals surface area contributed by atoms with Crippen LogP contribution in [0.2, 0.25) is 0 Å². The summed E-state index contributed by atoms with van der Waals surface area (Å²) in [5, 5.41) is 0. The number of rotatable bonds is 2. The topological polar surface area (TPSA) is 0 Å². The predicted octanol–water partition coefficient (Wildman–Crippen LogP) is 4.56. The minimum atomic E-state index is 0.477. The standard InChI is InChI=1S/C13H24/c1-6-11-8-9-13(4,5)12(7-2)10(11)3/h11H,6-9H2,1-5H3. The van der Waals surface area contributed by atoms with E-state index in [1.807, 2.05) is 0 Å². The van der Waals surface area contributed by atoms with E-state index in [1.165, 1.54) is 25.7 Å². The van der Waals surface area contributed by atoms with E-state index in [0.29, 0.717) is 5.41 Å². The maximum atomic E-state index is 2.40. The van der Waals surface area contributed by atoms with Crippen LogP contribution >= 0.6 is 0 Å². The first-order chi connectivity index (χ1) is 6.03. The first kappa shape index (κ1) is 10.8. The Labute approximate surface area is 83.4 Å². The van der Waals surface area contributed by atoms with Crippen LogP contribution in [0.5, 0.6) is 0 Å². The van der Waals surface area contributed by atoms with Gasteiger partial charge in [0.1, 0.15) is 0 Å². The largest absolute Gasteiger partial charge is 0.0705 e. The van der Waals surface area contributed by atoms with Crippen LogP contribution in [0.25, 0.3) is 0 Å². The van der Waals surface area contributed by atoms with Gasteiger partial charge in [0.2, 0.25) is 0 Å². The fourth-order valence-electron chi connectivity index (χ4n) is 2.95. The third kappa shape index (κ3) is 1.98. The summed E-state index contributed by atoms with van der Waals surface area (Å²) >= 11 is 0. The molecule has 1 unspecified atom stereocenters. The van der Waals surface area contributed by atoms with Crippen LogP contribution in [0.15, 0.2) is 11.1 Å². The molecular weight excluding hydrogens is 156 g/mol. The van der Waals surface area contributed by atoms with Gasteiger partial charge >= 0.3 is 0 Å². The van der Waals surface area contributed by atoms with Crippen LogP contribution in [-0.2, 0) is 0 Å². The molecule has 76 valence electrons. The van der Waals surface area contributed by atoms with Crippen molar-refractivity contribution in [2.24, 2.45) is 11.3 Å². The molecule has 0 aromatic heterocycles. The van der Waals surface area contributed by atoms with Crippen LogP contribution < -0.4 is 0 Å². The molecule has 0 saturated heterocycles. The van der Waals surface area contributed by atoms with E-state index in [4.69, 9.17) is 0 Å². The quantitative estimate of drug-likeness (QED) is 0.546. The van der Waals surface area contributed by atoms with Crippen LogP contribution in [0.1, 0.15) is 60.3 Å². The average molecular weight is 180 g/mol. The van der Waals surface area contributed by atoms with Crippen molar-refractivity contribution in [3.63, 3.8) is 0 Å². The molecule has 1 aliphatic carbocycles. The molecule has 0 fully saturated rings. The van der Waals surface area contributed by atoms with Gasteiger partial charge in [-0.25, -0.2) is 0 Å². The van der Waals surface area contributed by atoms with Crippen LogP contribution in [0.3, 0.4) is 0 Å². The molecule has 0 amide bonds. The third-order valence-electron chi connectivity index (χ3n) is 3.87. The molecule has 0 bridgehead atoms. The van der Waals surface area contributed by atoms with Crippen molar-refractivity contribution in [3.8, 4) is 0 Å². The van der Waals surface area contributed by atoms with Crippen molar-refractivity contribution in [2.45, 2.75) is 60.3 Å². The molecule has 0 radical (unpaired) electrons. The highest BCUT2D eigenvalue weighted by Crippen LogP contribution is 2.44. The predicted molar refractivity (Wildman–Crippen MR) is 59.8 cm³/mol. The molecule has 0 aliphatic heterocycles. The maximum absolute atomic E-state index is 2.40. The third-order valence-corrected chi connectivity index (χ3v) is 3.87. The highest BCUT2D eigenvalue weighted by molar-refractivity contribution is 5.24. The first-order valence-corrected chi connectivity index (χ1v) is 5.73. The second-order valence-corrected chi connectivity index (χ2v) is 5.04. The Morgan fingerprint density at radius 1 is 1.31 bits per heavy atom. The zero-order valence-corrected chi connectivity index (χ0v) is 9.91. The van der Waals surface area contributed by atoms with Gasteiger partial charge in [0.15, 0.2) is 0 Å².